The second kappa shape index (κ2) is 9.09. The average molecular weight is 325 g/mol. The molecule has 24 heavy (non-hydrogen) atoms. The number of hydrogen-bond donors (Lipinski definition) is 2. The Labute approximate surface area is 140 Å². The maximum atomic E-state index is 11.7. The van der Waals surface area contributed by atoms with Crippen molar-refractivity contribution in [3.05, 3.63) is 66.2 Å². The third-order valence-corrected chi connectivity index (χ3v) is 3.10. The fourth-order valence-electron chi connectivity index (χ4n) is 1.83. The van der Waals surface area contributed by atoms with Crippen molar-refractivity contribution in [1.82, 2.24) is 10.7 Å². The summed E-state index contributed by atoms with van der Waals surface area (Å²) in [4.78, 5) is 23.3. The minimum atomic E-state index is -0.404. The topological polar surface area (TPSA) is 79.8 Å². The van der Waals surface area contributed by atoms with Gasteiger partial charge in [0, 0.05) is 0 Å². The van der Waals surface area contributed by atoms with Crippen molar-refractivity contribution in [2.45, 2.75) is 6.92 Å². The Morgan fingerprint density at radius 2 is 1.58 bits per heavy atom. The van der Waals surface area contributed by atoms with Gasteiger partial charge >= 0.3 is 0 Å². The van der Waals surface area contributed by atoms with Gasteiger partial charge in [-0.1, -0.05) is 48.5 Å². The Balaban J connectivity index is 1.70. The maximum absolute atomic E-state index is 11.7. The van der Waals surface area contributed by atoms with Gasteiger partial charge in [-0.3, -0.25) is 9.59 Å². The van der Waals surface area contributed by atoms with Gasteiger partial charge in [-0.2, -0.15) is 5.10 Å². The first kappa shape index (κ1) is 17.2. The number of nitrogens with zero attached hydrogens (tertiary/aromatic N) is 1. The number of hydrogen-bond acceptors (Lipinski definition) is 4. The van der Waals surface area contributed by atoms with E-state index in [4.69, 9.17) is 4.74 Å². The van der Waals surface area contributed by atoms with E-state index in [1.165, 1.54) is 0 Å². The monoisotopic (exact) mass is 325 g/mol. The first-order valence-electron chi connectivity index (χ1n) is 7.48. The highest BCUT2D eigenvalue weighted by atomic mass is 16.5. The molecule has 0 atom stereocenters. The molecule has 124 valence electrons. The fourth-order valence-corrected chi connectivity index (χ4v) is 1.83. The third kappa shape index (κ3) is 5.92. The molecule has 0 aliphatic rings. The zero-order valence-electron chi connectivity index (χ0n) is 13.4. The molecule has 2 rings (SSSR count). The standard InChI is InChI=1S/C18H19N3O3/c1-14(15-8-4-2-5-9-15)20-21-17(22)12-19-18(23)13-24-16-10-6-3-7-11-16/h2-11H,12-13H2,1H3,(H,19,23)(H,21,22)/b20-14-. The molecule has 0 radical (unpaired) electrons. The first-order chi connectivity index (χ1) is 11.6. The van der Waals surface area contributed by atoms with E-state index in [9.17, 15) is 9.59 Å². The molecule has 0 saturated carbocycles. The Morgan fingerprint density at radius 1 is 0.958 bits per heavy atom. The van der Waals surface area contributed by atoms with Crippen molar-refractivity contribution in [2.24, 2.45) is 5.10 Å². The molecule has 0 heterocycles. The van der Waals surface area contributed by atoms with E-state index >= 15 is 0 Å². The number of para-hydroxylation sites is 1. The zero-order valence-corrected chi connectivity index (χ0v) is 13.4. The fraction of sp³-hybridized carbons (Fsp3) is 0.167. The maximum Gasteiger partial charge on any atom is 0.259 e. The van der Waals surface area contributed by atoms with Gasteiger partial charge in [0.25, 0.3) is 11.8 Å². The van der Waals surface area contributed by atoms with E-state index in [1.807, 2.05) is 48.5 Å². The minimum Gasteiger partial charge on any atom is -0.484 e. The van der Waals surface area contributed by atoms with Crippen molar-refractivity contribution in [3.8, 4) is 5.75 Å². The predicted octanol–water partition coefficient (Wildman–Crippen LogP) is 1.72. The van der Waals surface area contributed by atoms with E-state index in [-0.39, 0.29) is 19.1 Å². The smallest absolute Gasteiger partial charge is 0.259 e. The molecule has 0 aromatic heterocycles. The van der Waals surface area contributed by atoms with Crippen LogP contribution in [-0.4, -0.2) is 30.7 Å². The summed E-state index contributed by atoms with van der Waals surface area (Å²) >= 11 is 0. The van der Waals surface area contributed by atoms with E-state index in [2.05, 4.69) is 15.8 Å². The SMILES string of the molecule is C/C(=N/NC(=O)CNC(=O)COc1ccccc1)c1ccccc1. The quantitative estimate of drug-likeness (QED) is 0.601. The summed E-state index contributed by atoms with van der Waals surface area (Å²) in [5.74, 6) is -0.184. The lowest BCUT2D eigenvalue weighted by atomic mass is 10.1. The lowest BCUT2D eigenvalue weighted by Gasteiger charge is -2.07. The number of carbonyl (C=O) groups excluding carboxylic acids is 2. The molecule has 2 aromatic rings. The normalized spacial score (nSPS) is 10.8. The second-order valence-electron chi connectivity index (χ2n) is 4.98. The van der Waals surface area contributed by atoms with Crippen LogP contribution in [-0.2, 0) is 9.59 Å². The molecule has 2 N–H and O–H groups in total. The lowest BCUT2D eigenvalue weighted by molar-refractivity contribution is -0.127. The molecular formula is C18H19N3O3. The summed E-state index contributed by atoms with van der Waals surface area (Å²) < 4.78 is 5.28. The highest BCUT2D eigenvalue weighted by Gasteiger charge is 2.06. The molecule has 2 amide bonds. The van der Waals surface area contributed by atoms with Crippen LogP contribution in [0, 0.1) is 0 Å². The van der Waals surface area contributed by atoms with E-state index < -0.39 is 5.91 Å². The zero-order chi connectivity index (χ0) is 17.2. The minimum absolute atomic E-state index is 0.149. The van der Waals surface area contributed by atoms with Gasteiger partial charge < -0.3 is 10.1 Å². The summed E-state index contributed by atoms with van der Waals surface area (Å²) in [6, 6.07) is 18.5. The molecule has 0 unspecified atom stereocenters. The number of carbonyl (C=O) groups is 2. The van der Waals surface area contributed by atoms with Crippen LogP contribution < -0.4 is 15.5 Å². The molecule has 0 aliphatic carbocycles. The number of benzene rings is 2. The molecule has 0 fully saturated rings. The van der Waals surface area contributed by atoms with Crippen molar-refractivity contribution in [3.63, 3.8) is 0 Å². The van der Waals surface area contributed by atoms with Crippen molar-refractivity contribution < 1.29 is 14.3 Å². The van der Waals surface area contributed by atoms with Crippen molar-refractivity contribution >= 4 is 17.5 Å². The van der Waals surface area contributed by atoms with Gasteiger partial charge in [0.1, 0.15) is 5.75 Å². The largest absolute Gasteiger partial charge is 0.484 e. The van der Waals surface area contributed by atoms with Crippen LogP contribution in [0.5, 0.6) is 5.75 Å². The highest BCUT2D eigenvalue weighted by Crippen LogP contribution is 2.07. The van der Waals surface area contributed by atoms with Gasteiger partial charge in [-0.05, 0) is 24.6 Å². The van der Waals surface area contributed by atoms with Crippen LogP contribution in [0.4, 0.5) is 0 Å². The number of ether oxygens (including phenoxy) is 1. The Kier molecular flexibility index (Phi) is 6.52. The van der Waals surface area contributed by atoms with Crippen LogP contribution in [0.1, 0.15) is 12.5 Å². The third-order valence-electron chi connectivity index (χ3n) is 3.10. The molecular weight excluding hydrogens is 306 g/mol. The Hall–Kier alpha value is -3.15. The number of rotatable bonds is 7. The number of hydrazone groups is 1. The van der Waals surface area contributed by atoms with Gasteiger partial charge in [-0.15, -0.1) is 0 Å². The van der Waals surface area contributed by atoms with Crippen molar-refractivity contribution in [2.75, 3.05) is 13.2 Å². The molecule has 0 bridgehead atoms. The first-order valence-corrected chi connectivity index (χ1v) is 7.48. The van der Waals surface area contributed by atoms with Gasteiger partial charge in [0.2, 0.25) is 0 Å². The second-order valence-corrected chi connectivity index (χ2v) is 4.98. The van der Waals surface area contributed by atoms with Crippen LogP contribution >= 0.6 is 0 Å². The van der Waals surface area contributed by atoms with Crippen LogP contribution in [0.15, 0.2) is 65.8 Å². The molecule has 6 nitrogen and oxygen atoms in total. The summed E-state index contributed by atoms with van der Waals surface area (Å²) in [7, 11) is 0. The van der Waals surface area contributed by atoms with Gasteiger partial charge in [0.05, 0.1) is 12.3 Å². The van der Waals surface area contributed by atoms with E-state index in [0.717, 1.165) is 5.56 Å². The molecule has 2 aromatic carbocycles. The van der Waals surface area contributed by atoms with E-state index in [0.29, 0.717) is 11.5 Å². The molecule has 6 heteroatoms. The Bertz CT molecular complexity index is 700. The summed E-state index contributed by atoms with van der Waals surface area (Å²) in [6.07, 6.45) is 0. The Morgan fingerprint density at radius 3 is 2.25 bits per heavy atom. The number of amides is 2. The van der Waals surface area contributed by atoms with Crippen LogP contribution in [0.2, 0.25) is 0 Å². The van der Waals surface area contributed by atoms with Crippen LogP contribution in [0.3, 0.4) is 0 Å². The highest BCUT2D eigenvalue weighted by molar-refractivity contribution is 5.99. The van der Waals surface area contributed by atoms with Gasteiger partial charge in [0.15, 0.2) is 6.61 Å². The van der Waals surface area contributed by atoms with Crippen molar-refractivity contribution in [1.29, 1.82) is 0 Å². The number of nitrogens with one attached hydrogen (secondary N) is 2. The molecule has 0 spiro atoms. The van der Waals surface area contributed by atoms with Gasteiger partial charge in [-0.25, -0.2) is 5.43 Å². The molecule has 0 saturated heterocycles. The van der Waals surface area contributed by atoms with E-state index in [1.54, 1.807) is 19.1 Å². The summed E-state index contributed by atoms with van der Waals surface area (Å²) in [6.45, 7) is 1.48. The lowest BCUT2D eigenvalue weighted by Crippen LogP contribution is -2.37. The summed E-state index contributed by atoms with van der Waals surface area (Å²) in [5.41, 5.74) is 4.00. The average Bonchev–Trinajstić information content (AvgIpc) is 2.64. The summed E-state index contributed by atoms with van der Waals surface area (Å²) in [5, 5.41) is 6.47. The molecule has 0 aliphatic heterocycles. The predicted molar refractivity (Wildman–Crippen MR) is 91.7 cm³/mol. The van der Waals surface area contributed by atoms with Crippen LogP contribution in [0.25, 0.3) is 0 Å².